The molecule has 144 valence electrons. The molecule has 0 bridgehead atoms. The van der Waals surface area contributed by atoms with Crippen LogP contribution in [0.25, 0.3) is 5.52 Å². The summed E-state index contributed by atoms with van der Waals surface area (Å²) in [7, 11) is 0.543. The van der Waals surface area contributed by atoms with E-state index in [1.54, 1.807) is 6.07 Å². The van der Waals surface area contributed by atoms with Crippen LogP contribution in [0.1, 0.15) is 12.7 Å². The van der Waals surface area contributed by atoms with Gasteiger partial charge in [0.05, 0.1) is 19.9 Å². The highest BCUT2D eigenvalue weighted by Gasteiger charge is 2.20. The smallest absolute Gasteiger partial charge is 0.290 e. The van der Waals surface area contributed by atoms with Crippen LogP contribution in [0.5, 0.6) is 11.5 Å². The Balaban J connectivity index is 2.08. The lowest BCUT2D eigenvalue weighted by Gasteiger charge is -2.10. The van der Waals surface area contributed by atoms with Gasteiger partial charge in [-0.25, -0.2) is 13.1 Å². The van der Waals surface area contributed by atoms with Gasteiger partial charge in [0.1, 0.15) is 27.7 Å². The predicted octanol–water partition coefficient (Wildman–Crippen LogP) is 1.41. The Morgan fingerprint density at radius 3 is 2.30 bits per heavy atom. The van der Waals surface area contributed by atoms with Gasteiger partial charge in [0.2, 0.25) is 0 Å². The maximum atomic E-state index is 12.8. The van der Waals surface area contributed by atoms with E-state index >= 15 is 0 Å². The first-order chi connectivity index (χ1) is 12.8. The maximum Gasteiger partial charge on any atom is 0.290 e. The van der Waals surface area contributed by atoms with Crippen LogP contribution in [-0.2, 0) is 23.5 Å². The molecule has 0 fully saturated rings. The van der Waals surface area contributed by atoms with Gasteiger partial charge in [-0.2, -0.15) is 5.10 Å². The summed E-state index contributed by atoms with van der Waals surface area (Å²) < 4.78 is 41.2. The number of anilines is 1. The second-order valence-electron chi connectivity index (χ2n) is 5.84. The van der Waals surface area contributed by atoms with Crippen LogP contribution >= 0.6 is 0 Å². The Kier molecular flexibility index (Phi) is 4.83. The van der Waals surface area contributed by atoms with Crippen molar-refractivity contribution in [3.63, 3.8) is 0 Å². The largest absolute Gasteiger partial charge is 0.497 e. The third-order valence-corrected chi connectivity index (χ3v) is 5.43. The standard InChI is InChI=1S/C17H20N4O5S/c1-5-16-18-20(2)17(22)15-9-14(10-21(15)16)27(23,24)19-11-6-12(25-3)8-13(7-11)26-4/h6-10,19H,5H2,1-4H3. The second kappa shape index (κ2) is 6.95. The number of fused-ring (bicyclic) bond motifs is 1. The van der Waals surface area contributed by atoms with Gasteiger partial charge in [0, 0.05) is 37.9 Å². The number of ether oxygens (including phenoxy) is 2. The molecule has 10 heteroatoms. The quantitative estimate of drug-likeness (QED) is 0.680. The minimum absolute atomic E-state index is 0.0379. The van der Waals surface area contributed by atoms with Gasteiger partial charge < -0.3 is 9.47 Å². The molecule has 1 N–H and O–H groups in total. The third kappa shape index (κ3) is 3.47. The fourth-order valence-electron chi connectivity index (χ4n) is 2.72. The summed E-state index contributed by atoms with van der Waals surface area (Å²) in [4.78, 5) is 12.3. The molecule has 27 heavy (non-hydrogen) atoms. The van der Waals surface area contributed by atoms with E-state index in [1.807, 2.05) is 6.92 Å². The number of aromatic nitrogens is 3. The van der Waals surface area contributed by atoms with Gasteiger partial charge in [-0.1, -0.05) is 6.92 Å². The summed E-state index contributed by atoms with van der Waals surface area (Å²) in [5.74, 6) is 1.47. The minimum Gasteiger partial charge on any atom is -0.497 e. The zero-order valence-corrected chi connectivity index (χ0v) is 16.2. The molecule has 0 saturated carbocycles. The van der Waals surface area contributed by atoms with Crippen LogP contribution in [0.2, 0.25) is 0 Å². The number of benzene rings is 1. The summed E-state index contributed by atoms with van der Waals surface area (Å²) in [6.07, 6.45) is 1.93. The Bertz CT molecular complexity index is 1140. The van der Waals surface area contributed by atoms with Crippen molar-refractivity contribution in [2.45, 2.75) is 18.2 Å². The molecule has 3 rings (SSSR count). The van der Waals surface area contributed by atoms with Crippen LogP contribution in [0.15, 0.2) is 40.2 Å². The number of hydrogen-bond acceptors (Lipinski definition) is 6. The Hall–Kier alpha value is -3.01. The van der Waals surface area contributed by atoms with Gasteiger partial charge >= 0.3 is 0 Å². The van der Waals surface area contributed by atoms with Crippen molar-refractivity contribution < 1.29 is 17.9 Å². The van der Waals surface area contributed by atoms with Gasteiger partial charge in [0.25, 0.3) is 15.6 Å². The van der Waals surface area contributed by atoms with E-state index in [0.29, 0.717) is 23.7 Å². The summed E-state index contributed by atoms with van der Waals surface area (Å²) in [5.41, 5.74) is 0.146. The van der Waals surface area contributed by atoms with E-state index in [2.05, 4.69) is 9.82 Å². The number of methoxy groups -OCH3 is 2. The molecule has 0 saturated heterocycles. The Morgan fingerprint density at radius 1 is 1.11 bits per heavy atom. The Morgan fingerprint density at radius 2 is 1.74 bits per heavy atom. The van der Waals surface area contributed by atoms with E-state index in [0.717, 1.165) is 0 Å². The maximum absolute atomic E-state index is 12.8. The SMILES string of the molecule is CCc1nn(C)c(=O)c2cc(S(=O)(=O)Nc3cc(OC)cc(OC)c3)cn12. The first kappa shape index (κ1) is 18.8. The number of hydrogen-bond donors (Lipinski definition) is 1. The molecular weight excluding hydrogens is 372 g/mol. The molecule has 0 atom stereocenters. The normalized spacial score (nSPS) is 11.6. The molecule has 0 aliphatic heterocycles. The van der Waals surface area contributed by atoms with Gasteiger partial charge in [0.15, 0.2) is 0 Å². The summed E-state index contributed by atoms with van der Waals surface area (Å²) in [5, 5.41) is 4.16. The zero-order chi connectivity index (χ0) is 19.8. The van der Waals surface area contributed by atoms with Crippen molar-refractivity contribution in [2.24, 2.45) is 7.05 Å². The summed E-state index contributed by atoms with van der Waals surface area (Å²) in [6.45, 7) is 1.88. The van der Waals surface area contributed by atoms with Crippen LogP contribution in [0.4, 0.5) is 5.69 Å². The number of nitrogens with zero attached hydrogens (tertiary/aromatic N) is 3. The van der Waals surface area contributed by atoms with Crippen LogP contribution in [0.3, 0.4) is 0 Å². The predicted molar refractivity (Wildman–Crippen MR) is 100 cm³/mol. The van der Waals surface area contributed by atoms with E-state index in [4.69, 9.17) is 9.47 Å². The lowest BCUT2D eigenvalue weighted by molar-refractivity contribution is 0.395. The van der Waals surface area contributed by atoms with Crippen molar-refractivity contribution in [3.05, 3.63) is 46.6 Å². The number of rotatable bonds is 6. The molecule has 0 radical (unpaired) electrons. The van der Waals surface area contributed by atoms with E-state index < -0.39 is 10.0 Å². The molecule has 0 amide bonds. The highest BCUT2D eigenvalue weighted by Crippen LogP contribution is 2.27. The third-order valence-electron chi connectivity index (χ3n) is 4.08. The first-order valence-electron chi connectivity index (χ1n) is 8.13. The number of aryl methyl sites for hydroxylation is 2. The zero-order valence-electron chi connectivity index (χ0n) is 15.4. The molecule has 0 spiro atoms. The first-order valence-corrected chi connectivity index (χ1v) is 9.61. The van der Waals surface area contributed by atoms with Crippen molar-refractivity contribution >= 4 is 21.2 Å². The molecule has 1 aromatic carbocycles. The van der Waals surface area contributed by atoms with Crippen molar-refractivity contribution in [1.82, 2.24) is 14.2 Å². The summed E-state index contributed by atoms with van der Waals surface area (Å²) in [6, 6.07) is 6.04. The van der Waals surface area contributed by atoms with Crippen molar-refractivity contribution in [1.29, 1.82) is 0 Å². The molecule has 0 aliphatic carbocycles. The average Bonchev–Trinajstić information content (AvgIpc) is 3.10. The van der Waals surface area contributed by atoms with E-state index in [-0.39, 0.29) is 21.7 Å². The average molecular weight is 392 g/mol. The molecule has 2 heterocycles. The van der Waals surface area contributed by atoms with E-state index in [9.17, 15) is 13.2 Å². The lowest BCUT2D eigenvalue weighted by Crippen LogP contribution is -2.23. The highest BCUT2D eigenvalue weighted by molar-refractivity contribution is 7.92. The Labute approximate surface area is 156 Å². The van der Waals surface area contributed by atoms with Crippen LogP contribution < -0.4 is 19.8 Å². The van der Waals surface area contributed by atoms with E-state index in [1.165, 1.54) is 54.7 Å². The van der Waals surface area contributed by atoms with Crippen molar-refractivity contribution in [2.75, 3.05) is 18.9 Å². The van der Waals surface area contributed by atoms with Crippen molar-refractivity contribution in [3.8, 4) is 11.5 Å². The lowest BCUT2D eigenvalue weighted by atomic mass is 10.3. The molecule has 2 aromatic heterocycles. The second-order valence-corrected chi connectivity index (χ2v) is 7.52. The topological polar surface area (TPSA) is 104 Å². The van der Waals surface area contributed by atoms with Gasteiger partial charge in [-0.3, -0.25) is 13.9 Å². The van der Waals surface area contributed by atoms with Gasteiger partial charge in [-0.05, 0) is 6.07 Å². The van der Waals surface area contributed by atoms with Gasteiger partial charge in [-0.15, -0.1) is 0 Å². The monoisotopic (exact) mass is 392 g/mol. The van der Waals surface area contributed by atoms with Crippen LogP contribution in [-0.4, -0.2) is 36.8 Å². The van der Waals surface area contributed by atoms with Crippen LogP contribution in [0, 0.1) is 0 Å². The molecule has 9 nitrogen and oxygen atoms in total. The molecule has 0 aliphatic rings. The molecule has 0 unspecified atom stereocenters. The molecular formula is C17H20N4O5S. The highest BCUT2D eigenvalue weighted by atomic mass is 32.2. The fraction of sp³-hybridized carbons (Fsp3) is 0.294. The summed E-state index contributed by atoms with van der Waals surface area (Å²) >= 11 is 0. The minimum atomic E-state index is -3.94. The number of sulfonamides is 1. The number of nitrogens with one attached hydrogen (secondary N) is 1. The molecule has 3 aromatic rings. The fourth-order valence-corrected chi connectivity index (χ4v) is 3.77.